The van der Waals surface area contributed by atoms with E-state index in [4.69, 9.17) is 5.11 Å². The second-order valence-electron chi connectivity index (χ2n) is 5.77. The van der Waals surface area contributed by atoms with E-state index in [-0.39, 0.29) is 11.6 Å². The van der Waals surface area contributed by atoms with Crippen molar-refractivity contribution in [2.75, 3.05) is 18.4 Å². The maximum absolute atomic E-state index is 12.2. The monoisotopic (exact) mass is 291 g/mol. The number of carboxylic acid groups (broad SMARTS) is 1. The van der Waals surface area contributed by atoms with Crippen LogP contribution in [0.25, 0.3) is 0 Å². The van der Waals surface area contributed by atoms with E-state index in [1.54, 1.807) is 4.90 Å². The third-order valence-corrected chi connectivity index (χ3v) is 4.01. The minimum absolute atomic E-state index is 0.0614. The molecule has 0 radical (unpaired) electrons. The Labute approximate surface area is 124 Å². The van der Waals surface area contributed by atoms with Crippen molar-refractivity contribution >= 4 is 17.7 Å². The minimum Gasteiger partial charge on any atom is -0.478 e. The fourth-order valence-corrected chi connectivity index (χ4v) is 2.60. The molecule has 0 bridgehead atoms. The van der Waals surface area contributed by atoms with Crippen LogP contribution in [0.1, 0.15) is 37.0 Å². The molecular weight excluding hydrogens is 270 g/mol. The van der Waals surface area contributed by atoms with Crippen molar-refractivity contribution in [2.24, 2.45) is 11.8 Å². The number of hydrogen-bond donors (Lipinski definition) is 2. The van der Waals surface area contributed by atoms with Gasteiger partial charge in [-0.05, 0) is 30.7 Å². The van der Waals surface area contributed by atoms with Crippen LogP contribution in [-0.4, -0.2) is 40.1 Å². The minimum atomic E-state index is -1.06. The highest BCUT2D eigenvalue weighted by Crippen LogP contribution is 2.24. The van der Waals surface area contributed by atoms with E-state index in [0.29, 0.717) is 17.5 Å². The summed E-state index contributed by atoms with van der Waals surface area (Å²) in [5.74, 6) is 0.258. The van der Waals surface area contributed by atoms with Crippen LogP contribution in [0.5, 0.6) is 0 Å². The lowest BCUT2D eigenvalue weighted by atomic mass is 9.87. The molecule has 0 unspecified atom stereocenters. The first-order valence-corrected chi connectivity index (χ1v) is 7.21. The van der Waals surface area contributed by atoms with Gasteiger partial charge in [0.15, 0.2) is 0 Å². The Morgan fingerprint density at radius 3 is 2.57 bits per heavy atom. The van der Waals surface area contributed by atoms with Crippen LogP contribution in [0.2, 0.25) is 0 Å². The van der Waals surface area contributed by atoms with E-state index >= 15 is 0 Å². The summed E-state index contributed by atoms with van der Waals surface area (Å²) in [5.41, 5.74) is 0.470. The van der Waals surface area contributed by atoms with Gasteiger partial charge in [-0.1, -0.05) is 13.8 Å². The van der Waals surface area contributed by atoms with Crippen LogP contribution in [0.15, 0.2) is 18.5 Å². The summed E-state index contributed by atoms with van der Waals surface area (Å²) in [6, 6.07) is 1.22. The molecule has 1 aromatic heterocycles. The number of aromatic carboxylic acids is 1. The molecule has 1 aliphatic heterocycles. The van der Waals surface area contributed by atoms with Gasteiger partial charge in [-0.25, -0.2) is 9.59 Å². The van der Waals surface area contributed by atoms with Crippen molar-refractivity contribution in [2.45, 2.75) is 26.7 Å². The predicted octanol–water partition coefficient (Wildman–Crippen LogP) is 2.68. The van der Waals surface area contributed by atoms with Gasteiger partial charge < -0.3 is 15.3 Å². The Kier molecular flexibility index (Phi) is 4.77. The van der Waals surface area contributed by atoms with Crippen molar-refractivity contribution in [1.29, 1.82) is 0 Å². The summed E-state index contributed by atoms with van der Waals surface area (Å²) >= 11 is 0. The Bertz CT molecular complexity index is 523. The van der Waals surface area contributed by atoms with Crippen molar-refractivity contribution in [3.8, 4) is 0 Å². The van der Waals surface area contributed by atoms with Gasteiger partial charge in [0.1, 0.15) is 0 Å². The van der Waals surface area contributed by atoms with E-state index in [0.717, 1.165) is 25.9 Å². The third-order valence-electron chi connectivity index (χ3n) is 4.01. The lowest BCUT2D eigenvalue weighted by Crippen LogP contribution is -2.41. The first-order chi connectivity index (χ1) is 9.97. The van der Waals surface area contributed by atoms with Crippen molar-refractivity contribution < 1.29 is 14.7 Å². The Morgan fingerprint density at radius 1 is 1.33 bits per heavy atom. The van der Waals surface area contributed by atoms with Crippen molar-refractivity contribution in [3.05, 3.63) is 24.0 Å². The Morgan fingerprint density at radius 2 is 2.00 bits per heavy atom. The summed E-state index contributed by atoms with van der Waals surface area (Å²) in [6.07, 6.45) is 4.73. The zero-order valence-electron chi connectivity index (χ0n) is 12.4. The number of anilines is 1. The molecule has 21 heavy (non-hydrogen) atoms. The van der Waals surface area contributed by atoms with Crippen LogP contribution >= 0.6 is 0 Å². The van der Waals surface area contributed by atoms with Gasteiger partial charge in [0, 0.05) is 19.3 Å². The number of aromatic nitrogens is 1. The van der Waals surface area contributed by atoms with E-state index < -0.39 is 5.97 Å². The van der Waals surface area contributed by atoms with Gasteiger partial charge in [0.25, 0.3) is 0 Å². The van der Waals surface area contributed by atoms with Gasteiger partial charge >= 0.3 is 12.0 Å². The van der Waals surface area contributed by atoms with Crippen LogP contribution in [-0.2, 0) is 0 Å². The molecule has 6 nitrogen and oxygen atoms in total. The van der Waals surface area contributed by atoms with Gasteiger partial charge in [-0.2, -0.15) is 0 Å². The van der Waals surface area contributed by atoms with E-state index in [9.17, 15) is 9.59 Å². The molecule has 114 valence electrons. The Balaban J connectivity index is 1.93. The molecule has 2 amide bonds. The number of likely N-dealkylation sites (tertiary alicyclic amines) is 1. The fraction of sp³-hybridized carbons (Fsp3) is 0.533. The highest BCUT2D eigenvalue weighted by Gasteiger charge is 2.24. The molecule has 1 saturated heterocycles. The average molecular weight is 291 g/mol. The van der Waals surface area contributed by atoms with Crippen molar-refractivity contribution in [3.63, 3.8) is 0 Å². The molecule has 1 aromatic rings. The lowest BCUT2D eigenvalue weighted by Gasteiger charge is -2.33. The standard InChI is InChI=1S/C15H21N3O3/c1-10(2)11-3-5-18(6-4-11)15(21)17-13-7-12(14(19)20)8-16-9-13/h7-11H,3-6H2,1-2H3,(H,17,21)(H,19,20). The molecule has 2 N–H and O–H groups in total. The predicted molar refractivity (Wildman–Crippen MR) is 79.4 cm³/mol. The van der Waals surface area contributed by atoms with Gasteiger partial charge in [-0.15, -0.1) is 0 Å². The molecule has 2 rings (SSSR count). The Hall–Kier alpha value is -2.11. The zero-order valence-corrected chi connectivity index (χ0v) is 12.4. The van der Waals surface area contributed by atoms with Crippen molar-refractivity contribution in [1.82, 2.24) is 9.88 Å². The fourth-order valence-electron chi connectivity index (χ4n) is 2.60. The number of carbonyl (C=O) groups is 2. The number of amides is 2. The first-order valence-electron chi connectivity index (χ1n) is 7.21. The van der Waals surface area contributed by atoms with E-state index in [2.05, 4.69) is 24.1 Å². The maximum Gasteiger partial charge on any atom is 0.337 e. The quantitative estimate of drug-likeness (QED) is 0.897. The number of carboxylic acids is 1. The smallest absolute Gasteiger partial charge is 0.337 e. The highest BCUT2D eigenvalue weighted by molar-refractivity contribution is 5.92. The van der Waals surface area contributed by atoms with E-state index in [1.165, 1.54) is 18.5 Å². The first kappa shape index (κ1) is 15.3. The third kappa shape index (κ3) is 3.93. The lowest BCUT2D eigenvalue weighted by molar-refractivity contribution is 0.0696. The average Bonchev–Trinajstić information content (AvgIpc) is 2.47. The van der Waals surface area contributed by atoms with Gasteiger partial charge in [-0.3, -0.25) is 4.98 Å². The summed E-state index contributed by atoms with van der Waals surface area (Å²) in [6.45, 7) is 5.90. The molecule has 0 atom stereocenters. The van der Waals surface area contributed by atoms with Crippen LogP contribution < -0.4 is 5.32 Å². The molecule has 6 heteroatoms. The number of nitrogens with zero attached hydrogens (tertiary/aromatic N) is 2. The second-order valence-corrected chi connectivity index (χ2v) is 5.77. The molecule has 0 aromatic carbocycles. The van der Waals surface area contributed by atoms with Crippen LogP contribution in [0.3, 0.4) is 0 Å². The zero-order chi connectivity index (χ0) is 15.4. The summed E-state index contributed by atoms with van der Waals surface area (Å²) in [7, 11) is 0. The topological polar surface area (TPSA) is 82.5 Å². The summed E-state index contributed by atoms with van der Waals surface area (Å²) < 4.78 is 0. The van der Waals surface area contributed by atoms with Crippen LogP contribution in [0.4, 0.5) is 10.5 Å². The number of hydrogen-bond acceptors (Lipinski definition) is 3. The maximum atomic E-state index is 12.2. The van der Waals surface area contributed by atoms with Crippen LogP contribution in [0, 0.1) is 11.8 Å². The second kappa shape index (κ2) is 6.56. The number of carbonyl (C=O) groups excluding carboxylic acids is 1. The van der Waals surface area contributed by atoms with Gasteiger partial charge in [0.2, 0.25) is 0 Å². The summed E-state index contributed by atoms with van der Waals surface area (Å²) in [5, 5.41) is 11.6. The van der Waals surface area contributed by atoms with Gasteiger partial charge in [0.05, 0.1) is 17.4 Å². The highest BCUT2D eigenvalue weighted by atomic mass is 16.4. The molecule has 0 spiro atoms. The normalized spacial score (nSPS) is 16.0. The number of pyridine rings is 1. The molecule has 0 aliphatic carbocycles. The number of piperidine rings is 1. The molecule has 2 heterocycles. The number of nitrogens with one attached hydrogen (secondary N) is 1. The SMILES string of the molecule is CC(C)C1CCN(C(=O)Nc2cncc(C(=O)O)c2)CC1. The molecule has 1 fully saturated rings. The number of rotatable bonds is 3. The number of urea groups is 1. The molecule has 1 aliphatic rings. The summed E-state index contributed by atoms with van der Waals surface area (Å²) in [4.78, 5) is 28.6. The van der Waals surface area contributed by atoms with E-state index in [1.807, 2.05) is 0 Å². The largest absolute Gasteiger partial charge is 0.478 e. The molecule has 0 saturated carbocycles. The molecular formula is C15H21N3O3.